The summed E-state index contributed by atoms with van der Waals surface area (Å²) in [5.41, 5.74) is 0. The van der Waals surface area contributed by atoms with Crippen molar-refractivity contribution in [1.29, 1.82) is 0 Å². The summed E-state index contributed by atoms with van der Waals surface area (Å²) in [4.78, 5) is 0. The zero-order valence-corrected chi connectivity index (χ0v) is 7.14. The van der Waals surface area contributed by atoms with Gasteiger partial charge in [-0.25, -0.2) is 0 Å². The van der Waals surface area contributed by atoms with Gasteiger partial charge in [0.15, 0.2) is 0 Å². The molecule has 0 aromatic carbocycles. The second-order valence-electron chi connectivity index (χ2n) is 0.0476. The van der Waals surface area contributed by atoms with E-state index in [1.165, 1.54) is 0 Å². The van der Waals surface area contributed by atoms with Gasteiger partial charge in [0, 0.05) is 0 Å². The van der Waals surface area contributed by atoms with Crippen molar-refractivity contribution in [3.05, 3.63) is 0 Å². The van der Waals surface area contributed by atoms with Gasteiger partial charge in [0.2, 0.25) is 0 Å². The van der Waals surface area contributed by atoms with Crippen LogP contribution in [0.2, 0.25) is 0 Å². The van der Waals surface area contributed by atoms with E-state index in [-0.39, 0.29) is 38.3 Å². The van der Waals surface area contributed by atoms with Gasteiger partial charge in [-0.3, -0.25) is 0 Å². The van der Waals surface area contributed by atoms with Crippen molar-refractivity contribution >= 4 is 20.3 Å². The molecule has 0 atom stereocenters. The third-order valence-corrected chi connectivity index (χ3v) is 0. The molecule has 79 valence electrons. The van der Waals surface area contributed by atoms with Crippen LogP contribution in [-0.2, 0) is 12.9 Å². The maximum atomic E-state index is 4.73. The third kappa shape index (κ3) is 825. The Labute approximate surface area is 72.0 Å². The average Bonchev–Trinajstić information content (AvgIpc) is 0.918. The molecule has 0 aliphatic heterocycles. The van der Waals surface area contributed by atoms with E-state index < -0.39 is 0 Å². The maximum absolute atomic E-state index is 4.73. The van der Waals surface area contributed by atoms with Gasteiger partial charge in [-0.1, -0.05) is 0 Å². The van der Waals surface area contributed by atoms with Crippen LogP contribution in [0.3, 0.4) is 0 Å². The van der Waals surface area contributed by atoms with Gasteiger partial charge in [-0.2, -0.15) is 0 Å². The van der Waals surface area contributed by atoms with Crippen LogP contribution in [0.5, 0.6) is 0 Å². The van der Waals surface area contributed by atoms with Crippen LogP contribution >= 0.6 is 20.3 Å². The van der Waals surface area contributed by atoms with Crippen LogP contribution < -0.4 is 0 Å². The fraction of sp³-hybridized carbons (Fsp3) is 0. The molecule has 14 N–H and O–H groups in total. The van der Waals surface area contributed by atoms with Crippen molar-refractivity contribution in [2.75, 3.05) is 0 Å². The van der Waals surface area contributed by atoms with Gasteiger partial charge >= 0.3 is 33.2 Å². The molecule has 0 heterocycles. The van der Waals surface area contributed by atoms with Crippen molar-refractivity contribution in [2.24, 2.45) is 0 Å². The molecule has 0 saturated heterocycles. The molecule has 0 aromatic rings. The summed E-state index contributed by atoms with van der Waals surface area (Å²) in [5, 5.41) is 0. The monoisotopic (exact) mass is 255 g/mol. The first kappa shape index (κ1) is 132. The third-order valence-electron chi connectivity index (χ3n) is 0. The zero-order valence-electron chi connectivity index (χ0n) is 4.59. The van der Waals surface area contributed by atoms with E-state index in [1.807, 2.05) is 0 Å². The molecule has 0 aliphatic rings. The van der Waals surface area contributed by atoms with Gasteiger partial charge in [0.25, 0.3) is 0 Å². The molecule has 0 amide bonds. The first-order chi connectivity index (χ1) is 1.41. The fourth-order valence-electron chi connectivity index (χ4n) is 0. The van der Waals surface area contributed by atoms with E-state index in [0.29, 0.717) is 12.9 Å². The summed E-state index contributed by atoms with van der Waals surface area (Å²) in [7, 11) is 9.47. The molecule has 0 fully saturated rings. The first-order valence-corrected chi connectivity index (χ1v) is 3.12. The van der Waals surface area contributed by atoms with Crippen molar-refractivity contribution in [3.8, 4) is 0 Å². The van der Waals surface area contributed by atoms with E-state index in [1.54, 1.807) is 0 Å². The molecule has 0 saturated carbocycles. The first-order valence-electron chi connectivity index (χ1n) is 0.252. The number of hydrogen-bond donors (Lipinski definition) is 0. The molecule has 0 spiro atoms. The molecular weight excluding hydrogens is 242 g/mol. The summed E-state index contributed by atoms with van der Waals surface area (Å²) in [5.74, 6) is 0. The van der Waals surface area contributed by atoms with E-state index >= 15 is 0 Å². The van der Waals surface area contributed by atoms with Crippen molar-refractivity contribution in [3.63, 3.8) is 0 Å². The van der Waals surface area contributed by atoms with Crippen molar-refractivity contribution in [2.45, 2.75) is 0 Å². The molecule has 0 unspecified atom stereocenters. The molecule has 7 nitrogen and oxygen atoms in total. The van der Waals surface area contributed by atoms with Crippen molar-refractivity contribution in [1.82, 2.24) is 0 Å². The second-order valence-corrected chi connectivity index (χ2v) is 1.77. The van der Waals surface area contributed by atoms with E-state index in [2.05, 4.69) is 0 Å². The second kappa shape index (κ2) is 233. The Morgan fingerprint density at radius 2 is 0.500 bits per heavy atom. The molecule has 10 heteroatoms. The Morgan fingerprint density at radius 3 is 0.500 bits per heavy atom. The number of hydrogen-bond acceptors (Lipinski definition) is 0. The van der Waals surface area contributed by atoms with E-state index in [4.69, 9.17) is 20.3 Å². The van der Waals surface area contributed by atoms with Crippen LogP contribution in [0.15, 0.2) is 0 Å². The van der Waals surface area contributed by atoms with Crippen LogP contribution in [-0.4, -0.2) is 38.3 Å². The molecule has 0 aromatic heterocycles. The van der Waals surface area contributed by atoms with Gasteiger partial charge in [-0.05, 0) is 0 Å². The average molecular weight is 256 g/mol. The predicted molar refractivity (Wildman–Crippen MR) is 37.0 cm³/mol. The fourth-order valence-corrected chi connectivity index (χ4v) is 0. The Bertz CT molecular complexity index is 11.6. The Morgan fingerprint density at radius 1 is 0.500 bits per heavy atom. The summed E-state index contributed by atoms with van der Waals surface area (Å²) < 4.78 is 0. The van der Waals surface area contributed by atoms with E-state index in [9.17, 15) is 0 Å². The minimum atomic E-state index is 0. The normalized spacial score (nSPS) is 2.20. The zero-order chi connectivity index (χ0) is 2.71. The van der Waals surface area contributed by atoms with Gasteiger partial charge in [-0.15, -0.1) is 0 Å². The number of halogens is 2. The van der Waals surface area contributed by atoms with Crippen LogP contribution in [0, 0.1) is 0 Å². The van der Waals surface area contributed by atoms with Gasteiger partial charge in [0.05, 0.1) is 0 Å². The topological polar surface area (TPSA) is 220 Å². The Balaban J connectivity index is -0.000000000952. The molecule has 0 aliphatic carbocycles. The quantitative estimate of drug-likeness (QED) is 0.400. The Kier molecular flexibility index (Phi) is 3070. The summed E-state index contributed by atoms with van der Waals surface area (Å²) >= 11 is 0.382. The van der Waals surface area contributed by atoms with Crippen LogP contribution in [0.1, 0.15) is 0 Å². The summed E-state index contributed by atoms with van der Waals surface area (Å²) in [6.07, 6.45) is 0. The molecule has 0 radical (unpaired) electrons. The SMILES string of the molecule is O.O.O.O.O.O.O.[Cl][Co][Cl]. The molecule has 10 heavy (non-hydrogen) atoms. The molecule has 0 bridgehead atoms. The van der Waals surface area contributed by atoms with Crippen molar-refractivity contribution < 1.29 is 51.2 Å². The standard InChI is InChI=1S/2ClH.Co.7H2O/h2*1H;;7*1H2/q;;+2;;;;;;;/p-2. The molecular formula is H14Cl2CoO7. The minimum absolute atomic E-state index is 0. The van der Waals surface area contributed by atoms with Crippen LogP contribution in [0.4, 0.5) is 0 Å². The van der Waals surface area contributed by atoms with Gasteiger partial charge < -0.3 is 38.3 Å². The molecule has 0 rings (SSSR count). The predicted octanol–water partition coefficient (Wildman–Crippen LogP) is -4.40. The summed E-state index contributed by atoms with van der Waals surface area (Å²) in [6, 6.07) is 0. The van der Waals surface area contributed by atoms with E-state index in [0.717, 1.165) is 0 Å². The summed E-state index contributed by atoms with van der Waals surface area (Å²) in [6.45, 7) is 0. The van der Waals surface area contributed by atoms with Gasteiger partial charge in [0.1, 0.15) is 0 Å². The Hall–Kier alpha value is 0.806. The number of rotatable bonds is 0. The van der Waals surface area contributed by atoms with Crippen LogP contribution in [0.25, 0.3) is 0 Å².